The molecule has 19 heavy (non-hydrogen) atoms. The molecule has 1 aromatic rings. The summed E-state index contributed by atoms with van der Waals surface area (Å²) in [6.07, 6.45) is 0.187. The van der Waals surface area contributed by atoms with E-state index in [4.69, 9.17) is 5.26 Å². The zero-order chi connectivity index (χ0) is 14.4. The van der Waals surface area contributed by atoms with Crippen LogP contribution in [0.1, 0.15) is 13.3 Å². The van der Waals surface area contributed by atoms with E-state index in [0.717, 1.165) is 4.47 Å². The number of benzene rings is 1. The number of carbonyl (C=O) groups excluding carboxylic acids is 2. The van der Waals surface area contributed by atoms with Gasteiger partial charge in [0.05, 0.1) is 12.5 Å². The lowest BCUT2D eigenvalue weighted by atomic mass is 10.2. The summed E-state index contributed by atoms with van der Waals surface area (Å²) < 4.78 is 0.809. The molecule has 0 aliphatic carbocycles. The Morgan fingerprint density at radius 2 is 2.21 bits per heavy atom. The lowest BCUT2D eigenvalue weighted by Crippen LogP contribution is -2.42. The first-order chi connectivity index (χ1) is 8.95. The van der Waals surface area contributed by atoms with Crippen LogP contribution in [0.5, 0.6) is 0 Å². The fourth-order valence-corrected chi connectivity index (χ4v) is 1.78. The first-order valence-electron chi connectivity index (χ1n) is 5.66. The Hall–Kier alpha value is -1.87. The van der Waals surface area contributed by atoms with Crippen LogP contribution in [0.3, 0.4) is 0 Å². The largest absolute Gasteiger partial charge is 0.334 e. The predicted octanol–water partition coefficient (Wildman–Crippen LogP) is 2.15. The summed E-state index contributed by atoms with van der Waals surface area (Å²) in [6.45, 7) is 1.72. The molecule has 0 aromatic heterocycles. The number of nitrogens with zero attached hydrogens (tertiary/aromatic N) is 2. The fraction of sp³-hybridized carbons (Fsp3) is 0.308. The van der Waals surface area contributed by atoms with Crippen LogP contribution >= 0.6 is 15.9 Å². The monoisotopic (exact) mass is 323 g/mol. The van der Waals surface area contributed by atoms with E-state index in [0.29, 0.717) is 5.69 Å². The van der Waals surface area contributed by atoms with Crippen LogP contribution in [0.25, 0.3) is 0 Å². The highest BCUT2D eigenvalue weighted by Crippen LogP contribution is 2.15. The summed E-state index contributed by atoms with van der Waals surface area (Å²) in [6, 6.07) is 8.63. The van der Waals surface area contributed by atoms with Crippen molar-refractivity contribution < 1.29 is 9.59 Å². The number of halogens is 1. The van der Waals surface area contributed by atoms with Gasteiger partial charge in [-0.15, -0.1) is 0 Å². The zero-order valence-corrected chi connectivity index (χ0v) is 12.3. The number of nitriles is 1. The molecule has 2 amide bonds. The van der Waals surface area contributed by atoms with Crippen molar-refractivity contribution >= 4 is 33.4 Å². The minimum atomic E-state index is -0.717. The minimum absolute atomic E-state index is 0.187. The summed E-state index contributed by atoms with van der Waals surface area (Å²) in [5.41, 5.74) is 0.536. The van der Waals surface area contributed by atoms with Crippen molar-refractivity contribution in [3.63, 3.8) is 0 Å². The van der Waals surface area contributed by atoms with Crippen molar-refractivity contribution in [2.45, 2.75) is 19.4 Å². The molecule has 0 heterocycles. The number of hydrogen-bond donors (Lipinski definition) is 1. The molecule has 0 unspecified atom stereocenters. The van der Waals surface area contributed by atoms with E-state index in [1.54, 1.807) is 25.1 Å². The molecule has 0 fully saturated rings. The van der Waals surface area contributed by atoms with E-state index in [-0.39, 0.29) is 12.5 Å². The molecule has 1 rings (SSSR count). The van der Waals surface area contributed by atoms with Crippen LogP contribution in [0.4, 0.5) is 5.69 Å². The Labute approximate surface area is 120 Å². The van der Waals surface area contributed by atoms with Crippen LogP contribution in [0.15, 0.2) is 28.7 Å². The Morgan fingerprint density at radius 1 is 1.53 bits per heavy atom. The van der Waals surface area contributed by atoms with Crippen LogP contribution in [0, 0.1) is 11.3 Å². The molecule has 0 bridgehead atoms. The van der Waals surface area contributed by atoms with Crippen LogP contribution < -0.4 is 5.32 Å². The van der Waals surface area contributed by atoms with Crippen LogP contribution in [-0.2, 0) is 9.59 Å². The summed E-state index contributed by atoms with van der Waals surface area (Å²) in [7, 11) is 1.50. The van der Waals surface area contributed by atoms with E-state index in [1.807, 2.05) is 12.1 Å². The van der Waals surface area contributed by atoms with Gasteiger partial charge in [-0.2, -0.15) is 5.26 Å². The third-order valence-electron chi connectivity index (χ3n) is 2.64. The molecule has 0 aliphatic heterocycles. The van der Waals surface area contributed by atoms with E-state index >= 15 is 0 Å². The highest BCUT2D eigenvalue weighted by Gasteiger charge is 2.22. The van der Waals surface area contributed by atoms with Crippen LogP contribution in [-0.4, -0.2) is 29.8 Å². The molecule has 0 radical (unpaired) electrons. The quantitative estimate of drug-likeness (QED) is 0.866. The van der Waals surface area contributed by atoms with Crippen molar-refractivity contribution in [3.8, 4) is 6.07 Å². The maximum Gasteiger partial charge on any atom is 0.313 e. The Bertz CT molecular complexity index is 525. The van der Waals surface area contributed by atoms with Gasteiger partial charge >= 0.3 is 11.8 Å². The summed E-state index contributed by atoms with van der Waals surface area (Å²) in [4.78, 5) is 24.9. The second-order valence-corrected chi connectivity index (χ2v) is 5.01. The standard InChI is InChI=1S/C13H14BrN3O2/c1-9(6-7-15)17(2)13(19)12(18)16-11-5-3-4-10(14)8-11/h3-5,8-9H,6H2,1-2H3,(H,16,18)/t9-/m1/s1. The van der Waals surface area contributed by atoms with Crippen molar-refractivity contribution in [2.24, 2.45) is 0 Å². The summed E-state index contributed by atoms with van der Waals surface area (Å²) in [5, 5.41) is 11.1. The lowest BCUT2D eigenvalue weighted by Gasteiger charge is -2.22. The Kier molecular flexibility index (Phi) is 5.52. The van der Waals surface area contributed by atoms with E-state index in [1.165, 1.54) is 11.9 Å². The smallest absolute Gasteiger partial charge is 0.313 e. The first kappa shape index (κ1) is 15.2. The van der Waals surface area contributed by atoms with Gasteiger partial charge in [0.1, 0.15) is 0 Å². The van der Waals surface area contributed by atoms with Crippen molar-refractivity contribution in [1.29, 1.82) is 5.26 Å². The molecule has 6 heteroatoms. The van der Waals surface area contributed by atoms with Gasteiger partial charge in [-0.3, -0.25) is 9.59 Å². The van der Waals surface area contributed by atoms with Gasteiger partial charge in [0.25, 0.3) is 0 Å². The SMILES string of the molecule is C[C@H](CC#N)N(C)C(=O)C(=O)Nc1cccc(Br)c1. The average molecular weight is 324 g/mol. The summed E-state index contributed by atoms with van der Waals surface area (Å²) >= 11 is 3.28. The second-order valence-electron chi connectivity index (χ2n) is 4.09. The number of rotatable bonds is 3. The normalized spacial score (nSPS) is 11.3. The van der Waals surface area contributed by atoms with E-state index in [2.05, 4.69) is 21.2 Å². The highest BCUT2D eigenvalue weighted by molar-refractivity contribution is 9.10. The fourth-order valence-electron chi connectivity index (χ4n) is 1.38. The highest BCUT2D eigenvalue weighted by atomic mass is 79.9. The lowest BCUT2D eigenvalue weighted by molar-refractivity contribution is -0.143. The molecular weight excluding hydrogens is 310 g/mol. The predicted molar refractivity (Wildman–Crippen MR) is 75.2 cm³/mol. The van der Waals surface area contributed by atoms with Crippen molar-refractivity contribution in [1.82, 2.24) is 4.90 Å². The average Bonchev–Trinajstić information content (AvgIpc) is 2.37. The number of amides is 2. The number of nitrogens with one attached hydrogen (secondary N) is 1. The molecule has 0 spiro atoms. The van der Waals surface area contributed by atoms with Gasteiger partial charge in [-0.25, -0.2) is 0 Å². The first-order valence-corrected chi connectivity index (χ1v) is 6.45. The van der Waals surface area contributed by atoms with E-state index < -0.39 is 11.8 Å². The molecule has 1 N–H and O–H groups in total. The number of hydrogen-bond acceptors (Lipinski definition) is 3. The molecule has 100 valence electrons. The van der Waals surface area contributed by atoms with Gasteiger partial charge in [-0.1, -0.05) is 22.0 Å². The number of anilines is 1. The topological polar surface area (TPSA) is 73.2 Å². The number of likely N-dealkylation sites (N-methyl/N-ethyl adjacent to an activating group) is 1. The van der Waals surface area contributed by atoms with Crippen molar-refractivity contribution in [3.05, 3.63) is 28.7 Å². The molecule has 0 saturated heterocycles. The Morgan fingerprint density at radius 3 is 2.79 bits per heavy atom. The van der Waals surface area contributed by atoms with Gasteiger partial charge in [-0.05, 0) is 25.1 Å². The molecule has 0 saturated carbocycles. The van der Waals surface area contributed by atoms with Gasteiger partial charge in [0, 0.05) is 23.2 Å². The Balaban J connectivity index is 2.68. The molecular formula is C13H14BrN3O2. The van der Waals surface area contributed by atoms with Gasteiger partial charge in [0.2, 0.25) is 0 Å². The number of carbonyl (C=O) groups is 2. The maximum atomic E-state index is 11.8. The molecule has 1 atom stereocenters. The van der Waals surface area contributed by atoms with Gasteiger partial charge < -0.3 is 10.2 Å². The van der Waals surface area contributed by atoms with Crippen molar-refractivity contribution in [2.75, 3.05) is 12.4 Å². The zero-order valence-electron chi connectivity index (χ0n) is 10.7. The maximum absolute atomic E-state index is 11.8. The molecule has 0 aliphatic rings. The second kappa shape index (κ2) is 6.90. The van der Waals surface area contributed by atoms with E-state index in [9.17, 15) is 9.59 Å². The minimum Gasteiger partial charge on any atom is -0.334 e. The third kappa shape index (κ3) is 4.38. The van der Waals surface area contributed by atoms with Gasteiger partial charge in [0.15, 0.2) is 0 Å². The molecule has 1 aromatic carbocycles. The molecule has 5 nitrogen and oxygen atoms in total. The summed E-state index contributed by atoms with van der Waals surface area (Å²) in [5.74, 6) is -1.38. The third-order valence-corrected chi connectivity index (χ3v) is 3.14. The van der Waals surface area contributed by atoms with Crippen LogP contribution in [0.2, 0.25) is 0 Å².